The average Bonchev–Trinajstić information content (AvgIpc) is 3.25. The molecule has 0 aliphatic carbocycles. The molecule has 5 nitrogen and oxygen atoms in total. The molecule has 2 aromatic heterocycles. The van der Waals surface area contributed by atoms with E-state index in [1.165, 1.54) is 22.7 Å². The van der Waals surface area contributed by atoms with Crippen LogP contribution >= 0.6 is 22.7 Å². The number of carbonyl (C=O) groups excluding carboxylic acids is 1. The number of benzene rings is 2. The van der Waals surface area contributed by atoms with Gasteiger partial charge in [-0.25, -0.2) is 4.98 Å². The number of aromatic nitrogens is 2. The number of thiazole rings is 2. The van der Waals surface area contributed by atoms with Crippen molar-refractivity contribution in [2.24, 2.45) is 4.99 Å². The standard InChI is InChI=1S/C19H13N3O2S2/c1-3-8-22-15-7-5-13(24-2)10-17(15)26-19(22)21-18(23)12-4-6-14-16(9-12)25-11-20-14/h1,4-7,9-11H,8H2,2H3. The molecule has 0 saturated heterocycles. The summed E-state index contributed by atoms with van der Waals surface area (Å²) in [6, 6.07) is 11.1. The summed E-state index contributed by atoms with van der Waals surface area (Å²) in [5.41, 5.74) is 4.10. The van der Waals surface area contributed by atoms with Gasteiger partial charge < -0.3 is 9.30 Å². The van der Waals surface area contributed by atoms with Crippen LogP contribution in [-0.4, -0.2) is 22.6 Å². The molecule has 7 heteroatoms. The Labute approximate surface area is 157 Å². The van der Waals surface area contributed by atoms with E-state index < -0.39 is 0 Å². The Morgan fingerprint density at radius 2 is 2.19 bits per heavy atom. The number of rotatable bonds is 3. The summed E-state index contributed by atoms with van der Waals surface area (Å²) in [5, 5.41) is 0. The first-order chi connectivity index (χ1) is 12.7. The smallest absolute Gasteiger partial charge is 0.279 e. The van der Waals surface area contributed by atoms with Crippen molar-refractivity contribution in [1.29, 1.82) is 0 Å². The van der Waals surface area contributed by atoms with Crippen molar-refractivity contribution < 1.29 is 9.53 Å². The maximum absolute atomic E-state index is 12.7. The largest absolute Gasteiger partial charge is 0.497 e. The maximum Gasteiger partial charge on any atom is 0.279 e. The van der Waals surface area contributed by atoms with E-state index in [4.69, 9.17) is 11.2 Å². The van der Waals surface area contributed by atoms with Crippen LogP contribution in [0, 0.1) is 12.3 Å². The molecule has 26 heavy (non-hydrogen) atoms. The molecule has 4 aromatic rings. The third kappa shape index (κ3) is 2.90. The van der Waals surface area contributed by atoms with E-state index in [2.05, 4.69) is 15.9 Å². The molecule has 0 saturated carbocycles. The summed E-state index contributed by atoms with van der Waals surface area (Å²) in [6.45, 7) is 0.340. The molecule has 2 heterocycles. The molecular weight excluding hydrogens is 366 g/mol. The van der Waals surface area contributed by atoms with Gasteiger partial charge in [0.05, 0.1) is 39.6 Å². The molecule has 0 unspecified atom stereocenters. The lowest BCUT2D eigenvalue weighted by molar-refractivity contribution is 0.0998. The summed E-state index contributed by atoms with van der Waals surface area (Å²) in [7, 11) is 1.62. The normalized spacial score (nSPS) is 11.8. The number of carbonyl (C=O) groups is 1. The van der Waals surface area contributed by atoms with Crippen LogP contribution in [-0.2, 0) is 6.54 Å². The Morgan fingerprint density at radius 1 is 1.31 bits per heavy atom. The molecule has 128 valence electrons. The molecule has 1 amide bonds. The summed E-state index contributed by atoms with van der Waals surface area (Å²) < 4.78 is 9.06. The first-order valence-electron chi connectivity index (χ1n) is 7.73. The van der Waals surface area contributed by atoms with E-state index >= 15 is 0 Å². The van der Waals surface area contributed by atoms with E-state index in [0.29, 0.717) is 16.9 Å². The molecule has 4 rings (SSSR count). The van der Waals surface area contributed by atoms with Gasteiger partial charge in [-0.15, -0.1) is 17.8 Å². The average molecular weight is 379 g/mol. The summed E-state index contributed by atoms with van der Waals surface area (Å²) in [6.07, 6.45) is 5.50. The highest BCUT2D eigenvalue weighted by molar-refractivity contribution is 7.17. The van der Waals surface area contributed by atoms with Crippen LogP contribution in [0.25, 0.3) is 20.4 Å². The topological polar surface area (TPSA) is 56.5 Å². The molecule has 0 aliphatic heterocycles. The lowest BCUT2D eigenvalue weighted by Gasteiger charge is -2.01. The van der Waals surface area contributed by atoms with E-state index in [9.17, 15) is 4.79 Å². The number of ether oxygens (including phenoxy) is 1. The van der Waals surface area contributed by atoms with Gasteiger partial charge >= 0.3 is 0 Å². The zero-order valence-corrected chi connectivity index (χ0v) is 15.4. The summed E-state index contributed by atoms with van der Waals surface area (Å²) in [4.78, 5) is 21.8. The van der Waals surface area contributed by atoms with Crippen molar-refractivity contribution in [1.82, 2.24) is 9.55 Å². The van der Waals surface area contributed by atoms with Crippen LogP contribution in [0.3, 0.4) is 0 Å². The zero-order chi connectivity index (χ0) is 18.1. The molecule has 0 aliphatic rings. The van der Waals surface area contributed by atoms with Gasteiger partial charge in [-0.05, 0) is 36.4 Å². The quantitative estimate of drug-likeness (QED) is 0.510. The van der Waals surface area contributed by atoms with Crippen LogP contribution in [0.2, 0.25) is 0 Å². The summed E-state index contributed by atoms with van der Waals surface area (Å²) in [5.74, 6) is 3.07. The first kappa shape index (κ1) is 16.5. The van der Waals surface area contributed by atoms with Gasteiger partial charge in [0, 0.05) is 5.56 Å². The first-order valence-corrected chi connectivity index (χ1v) is 9.42. The Morgan fingerprint density at radius 3 is 3.00 bits per heavy atom. The predicted octanol–water partition coefficient (Wildman–Crippen LogP) is 3.70. The Balaban J connectivity index is 1.84. The van der Waals surface area contributed by atoms with Gasteiger partial charge in [0.25, 0.3) is 5.91 Å². The van der Waals surface area contributed by atoms with E-state index in [0.717, 1.165) is 26.2 Å². The lowest BCUT2D eigenvalue weighted by atomic mass is 10.2. The molecular formula is C19H13N3O2S2. The number of nitrogens with zero attached hydrogens (tertiary/aromatic N) is 3. The van der Waals surface area contributed by atoms with Crippen molar-refractivity contribution in [3.05, 3.63) is 52.3 Å². The molecule has 0 radical (unpaired) electrons. The molecule has 0 fully saturated rings. The van der Waals surface area contributed by atoms with Gasteiger partial charge in [-0.2, -0.15) is 4.99 Å². The fraction of sp³-hybridized carbons (Fsp3) is 0.105. The molecule has 0 N–H and O–H groups in total. The number of hydrogen-bond donors (Lipinski definition) is 0. The number of fused-ring (bicyclic) bond motifs is 2. The van der Waals surface area contributed by atoms with Crippen molar-refractivity contribution in [2.45, 2.75) is 6.54 Å². The van der Waals surface area contributed by atoms with E-state index in [-0.39, 0.29) is 5.91 Å². The molecule has 0 bridgehead atoms. The van der Waals surface area contributed by atoms with Gasteiger partial charge in [0.15, 0.2) is 4.80 Å². The Hall–Kier alpha value is -2.95. The second-order valence-electron chi connectivity index (χ2n) is 5.46. The number of methoxy groups -OCH3 is 1. The van der Waals surface area contributed by atoms with Gasteiger partial charge in [0.1, 0.15) is 5.75 Å². The van der Waals surface area contributed by atoms with Gasteiger partial charge in [-0.1, -0.05) is 17.3 Å². The van der Waals surface area contributed by atoms with Crippen LogP contribution in [0.15, 0.2) is 46.9 Å². The SMILES string of the molecule is C#CCn1c(=NC(=O)c2ccc3ncsc3c2)sc2cc(OC)ccc21. The molecule has 2 aromatic carbocycles. The molecule has 0 spiro atoms. The monoisotopic (exact) mass is 379 g/mol. The third-order valence-corrected chi connectivity index (χ3v) is 5.75. The molecule has 0 atom stereocenters. The van der Waals surface area contributed by atoms with Crippen molar-refractivity contribution in [3.8, 4) is 18.1 Å². The van der Waals surface area contributed by atoms with Crippen LogP contribution in [0.1, 0.15) is 10.4 Å². The van der Waals surface area contributed by atoms with E-state index in [1.54, 1.807) is 18.7 Å². The second kappa shape index (κ2) is 6.75. The Bertz CT molecular complexity index is 1240. The van der Waals surface area contributed by atoms with E-state index in [1.807, 2.05) is 34.9 Å². The highest BCUT2D eigenvalue weighted by Gasteiger charge is 2.10. The fourth-order valence-corrected chi connectivity index (χ4v) is 4.42. The van der Waals surface area contributed by atoms with Gasteiger partial charge in [-0.3, -0.25) is 4.79 Å². The highest BCUT2D eigenvalue weighted by Crippen LogP contribution is 2.23. The third-order valence-electron chi connectivity index (χ3n) is 3.91. The van der Waals surface area contributed by atoms with Crippen molar-refractivity contribution in [2.75, 3.05) is 7.11 Å². The number of amides is 1. The lowest BCUT2D eigenvalue weighted by Crippen LogP contribution is -2.16. The van der Waals surface area contributed by atoms with Gasteiger partial charge in [0.2, 0.25) is 0 Å². The minimum Gasteiger partial charge on any atom is -0.497 e. The predicted molar refractivity (Wildman–Crippen MR) is 105 cm³/mol. The number of hydrogen-bond acceptors (Lipinski definition) is 5. The van der Waals surface area contributed by atoms with Crippen molar-refractivity contribution >= 4 is 49.0 Å². The van der Waals surface area contributed by atoms with Crippen LogP contribution < -0.4 is 9.54 Å². The van der Waals surface area contributed by atoms with Crippen LogP contribution in [0.4, 0.5) is 0 Å². The second-order valence-corrected chi connectivity index (χ2v) is 7.36. The maximum atomic E-state index is 12.7. The highest BCUT2D eigenvalue weighted by atomic mass is 32.1. The Kier molecular flexibility index (Phi) is 4.29. The van der Waals surface area contributed by atoms with Crippen LogP contribution in [0.5, 0.6) is 5.75 Å². The minimum atomic E-state index is -0.301. The summed E-state index contributed by atoms with van der Waals surface area (Å²) >= 11 is 2.91. The fourth-order valence-electron chi connectivity index (χ4n) is 2.65. The van der Waals surface area contributed by atoms with Crippen molar-refractivity contribution in [3.63, 3.8) is 0 Å². The zero-order valence-electron chi connectivity index (χ0n) is 13.8. The minimum absolute atomic E-state index is 0.301. The number of terminal acetylenes is 1.